The van der Waals surface area contributed by atoms with Gasteiger partial charge in [-0.3, -0.25) is 9.69 Å². The third kappa shape index (κ3) is 13.4. The van der Waals surface area contributed by atoms with Crippen molar-refractivity contribution in [3.05, 3.63) is 114 Å². The second-order valence-electron chi connectivity index (χ2n) is 11.1. The number of likely N-dealkylation sites (N-methyl/N-ethyl adjacent to an activating group) is 2. The van der Waals surface area contributed by atoms with Crippen molar-refractivity contribution < 1.29 is 27.1 Å². The van der Waals surface area contributed by atoms with Crippen LogP contribution in [0.15, 0.2) is 97.1 Å². The van der Waals surface area contributed by atoms with Gasteiger partial charge in [0.1, 0.15) is 12.4 Å². The van der Waals surface area contributed by atoms with Crippen molar-refractivity contribution in [1.29, 1.82) is 0 Å². The molecule has 3 aromatic rings. The highest BCUT2D eigenvalue weighted by Crippen LogP contribution is 2.35. The average Bonchev–Trinajstić information content (AvgIpc) is 3.08. The van der Waals surface area contributed by atoms with Crippen LogP contribution >= 0.6 is 0 Å². The fourth-order valence-electron chi connectivity index (χ4n) is 4.98. The zero-order chi connectivity index (χ0) is 34.7. The van der Waals surface area contributed by atoms with Crippen molar-refractivity contribution in [2.45, 2.75) is 65.2 Å². The normalized spacial score (nSPS) is 12.1. The lowest BCUT2D eigenvalue weighted by Gasteiger charge is -2.18. The number of nitrogens with zero attached hydrogens (tertiary/aromatic N) is 2. The lowest BCUT2D eigenvalue weighted by atomic mass is 9.88. The van der Waals surface area contributed by atoms with Gasteiger partial charge in [-0.2, -0.15) is 0 Å². The van der Waals surface area contributed by atoms with E-state index in [4.69, 9.17) is 4.74 Å². The predicted octanol–water partition coefficient (Wildman–Crippen LogP) is 9.87. The van der Waals surface area contributed by atoms with Crippen molar-refractivity contribution in [3.63, 3.8) is 0 Å². The Morgan fingerprint density at radius 3 is 1.96 bits per heavy atom. The number of allylic oxidation sites excluding steroid dienone is 1. The molecule has 0 heterocycles. The molecule has 3 rings (SSSR count). The Morgan fingerprint density at radius 2 is 1.38 bits per heavy atom. The molecule has 0 unspecified atom stereocenters. The Hall–Kier alpha value is -3.91. The van der Waals surface area contributed by atoms with E-state index in [9.17, 15) is 22.4 Å². The molecule has 256 valence electrons. The first kappa shape index (κ1) is 39.3. The van der Waals surface area contributed by atoms with Gasteiger partial charge in [0.05, 0.1) is 0 Å². The van der Waals surface area contributed by atoms with Crippen LogP contribution in [0.1, 0.15) is 69.6 Å². The van der Waals surface area contributed by atoms with Crippen molar-refractivity contribution in [1.82, 2.24) is 9.80 Å². The topological polar surface area (TPSA) is 32.8 Å². The van der Waals surface area contributed by atoms with E-state index in [2.05, 4.69) is 67.6 Å². The number of amides is 1. The molecule has 3 aromatic carbocycles. The third-order valence-corrected chi connectivity index (χ3v) is 7.60. The third-order valence-electron chi connectivity index (χ3n) is 7.60. The number of benzene rings is 3. The fourth-order valence-corrected chi connectivity index (χ4v) is 4.98. The Morgan fingerprint density at radius 1 is 0.809 bits per heavy atom. The van der Waals surface area contributed by atoms with Crippen LogP contribution in [0.3, 0.4) is 0 Å². The molecule has 1 amide bonds. The van der Waals surface area contributed by atoms with E-state index >= 15 is 0 Å². The van der Waals surface area contributed by atoms with Gasteiger partial charge in [0.2, 0.25) is 5.91 Å². The van der Waals surface area contributed by atoms with Gasteiger partial charge >= 0.3 is 12.3 Å². The summed E-state index contributed by atoms with van der Waals surface area (Å²) >= 11 is 0. The first-order valence-corrected chi connectivity index (χ1v) is 16.5. The van der Waals surface area contributed by atoms with Crippen LogP contribution in [0.2, 0.25) is 0 Å². The van der Waals surface area contributed by atoms with Crippen LogP contribution in [-0.2, 0) is 4.79 Å². The maximum Gasteiger partial charge on any atom is 0.307 e. The Labute approximate surface area is 278 Å². The fraction of sp³-hybridized carbons (Fsp3) is 0.410. The summed E-state index contributed by atoms with van der Waals surface area (Å²) in [5.41, 5.74) is 5.99. The first-order chi connectivity index (χ1) is 22.6. The molecular formula is C39H50F4N2O2. The zero-order valence-corrected chi connectivity index (χ0v) is 28.4. The SMILES string of the molecule is CC.CC/C(=C(\c1ccccc1)c1ccc(OCCN(C)C/C=C/C(=O)N(C)CCCCCC(F)(F)C(F)F)cc1)c1ccccc1. The van der Waals surface area contributed by atoms with Gasteiger partial charge in [-0.1, -0.05) is 106 Å². The highest BCUT2D eigenvalue weighted by molar-refractivity contribution is 5.98. The molecule has 0 bridgehead atoms. The summed E-state index contributed by atoms with van der Waals surface area (Å²) in [6.07, 6.45) is 0.489. The molecule has 0 N–H and O–H groups in total. The number of alkyl halides is 4. The van der Waals surface area contributed by atoms with Crippen LogP contribution in [0.4, 0.5) is 17.6 Å². The smallest absolute Gasteiger partial charge is 0.307 e. The molecule has 8 heteroatoms. The molecule has 47 heavy (non-hydrogen) atoms. The van der Waals surface area contributed by atoms with E-state index in [1.54, 1.807) is 13.1 Å². The lowest BCUT2D eigenvalue weighted by Crippen LogP contribution is -2.28. The van der Waals surface area contributed by atoms with E-state index in [0.29, 0.717) is 39.1 Å². The standard InChI is InChI=1S/C37H44F4N2O2.C2H6/c1-4-33(29-15-8-5-9-16-29)35(30-17-10-6-11-18-30)31-20-22-32(23-21-31)45-28-27-42(2)25-14-19-34(44)43(3)26-13-7-12-24-37(40,41)36(38)39;1-2/h5-6,8-11,14-23,36H,4,7,12-13,24-28H2,1-3H3;1-2H3/b19-14+,35-33-;. The molecule has 0 fully saturated rings. The summed E-state index contributed by atoms with van der Waals surface area (Å²) in [6, 6.07) is 29.1. The van der Waals surface area contributed by atoms with Crippen molar-refractivity contribution in [2.24, 2.45) is 0 Å². The monoisotopic (exact) mass is 654 g/mol. The van der Waals surface area contributed by atoms with E-state index < -0.39 is 18.8 Å². The highest BCUT2D eigenvalue weighted by atomic mass is 19.3. The second kappa shape index (κ2) is 21.1. The summed E-state index contributed by atoms with van der Waals surface area (Å²) in [6.45, 7) is 8.24. The molecule has 4 nitrogen and oxygen atoms in total. The van der Waals surface area contributed by atoms with E-state index in [1.165, 1.54) is 33.2 Å². The average molecular weight is 655 g/mol. The van der Waals surface area contributed by atoms with Gasteiger partial charge in [0.25, 0.3) is 0 Å². The van der Waals surface area contributed by atoms with Gasteiger partial charge < -0.3 is 9.64 Å². The molecule has 0 aliphatic rings. The van der Waals surface area contributed by atoms with Crippen LogP contribution in [-0.4, -0.2) is 68.4 Å². The molecule has 0 radical (unpaired) electrons. The van der Waals surface area contributed by atoms with Gasteiger partial charge in [-0.15, -0.1) is 0 Å². The molecule has 0 aromatic heterocycles. The number of ether oxygens (including phenoxy) is 1. The minimum Gasteiger partial charge on any atom is -0.492 e. The number of carbonyl (C=O) groups excluding carboxylic acids is 1. The Bertz CT molecular complexity index is 1360. The van der Waals surface area contributed by atoms with Crippen molar-refractivity contribution in [2.75, 3.05) is 40.3 Å². The molecule has 0 atom stereocenters. The zero-order valence-electron chi connectivity index (χ0n) is 28.4. The largest absolute Gasteiger partial charge is 0.492 e. The number of halogens is 4. The van der Waals surface area contributed by atoms with Gasteiger partial charge in [0, 0.05) is 39.2 Å². The van der Waals surface area contributed by atoms with Gasteiger partial charge in [-0.25, -0.2) is 17.6 Å². The van der Waals surface area contributed by atoms with Crippen LogP contribution in [0.5, 0.6) is 5.75 Å². The molecule has 0 aliphatic heterocycles. The van der Waals surface area contributed by atoms with Crippen LogP contribution < -0.4 is 4.74 Å². The quantitative estimate of drug-likeness (QED) is 0.0593. The Kier molecular flexibility index (Phi) is 17.6. The first-order valence-electron chi connectivity index (χ1n) is 16.5. The molecule has 0 spiro atoms. The van der Waals surface area contributed by atoms with Gasteiger partial charge in [-0.05, 0) is 66.3 Å². The Balaban J connectivity index is 0.00000376. The summed E-state index contributed by atoms with van der Waals surface area (Å²) in [7, 11) is 3.57. The highest BCUT2D eigenvalue weighted by Gasteiger charge is 2.39. The summed E-state index contributed by atoms with van der Waals surface area (Å²) in [5.74, 6) is -3.36. The number of hydrogen-bond acceptors (Lipinski definition) is 3. The second-order valence-corrected chi connectivity index (χ2v) is 11.1. The maximum absolute atomic E-state index is 13.0. The number of carbonyl (C=O) groups is 1. The minimum atomic E-state index is -3.95. The lowest BCUT2D eigenvalue weighted by molar-refractivity contribution is -0.133. The summed E-state index contributed by atoms with van der Waals surface area (Å²) < 4.78 is 56.4. The van der Waals surface area contributed by atoms with Crippen molar-refractivity contribution in [3.8, 4) is 5.75 Å². The van der Waals surface area contributed by atoms with Crippen LogP contribution in [0, 0.1) is 0 Å². The predicted molar refractivity (Wildman–Crippen MR) is 186 cm³/mol. The van der Waals surface area contributed by atoms with Crippen molar-refractivity contribution >= 4 is 17.1 Å². The summed E-state index contributed by atoms with van der Waals surface area (Å²) in [5, 5.41) is 0. The number of hydrogen-bond donors (Lipinski definition) is 0. The molecular weight excluding hydrogens is 604 g/mol. The maximum atomic E-state index is 13.0. The molecule has 0 saturated heterocycles. The minimum absolute atomic E-state index is 0.00790. The van der Waals surface area contributed by atoms with Gasteiger partial charge in [0.15, 0.2) is 0 Å². The van der Waals surface area contributed by atoms with E-state index in [-0.39, 0.29) is 12.3 Å². The van der Waals surface area contributed by atoms with Crippen LogP contribution in [0.25, 0.3) is 11.1 Å². The molecule has 0 aliphatic carbocycles. The molecule has 0 saturated carbocycles. The summed E-state index contributed by atoms with van der Waals surface area (Å²) in [4.78, 5) is 15.8. The number of unbranched alkanes of at least 4 members (excludes halogenated alkanes) is 2. The number of rotatable bonds is 18. The van der Waals surface area contributed by atoms with E-state index in [1.807, 2.05) is 50.1 Å². The van der Waals surface area contributed by atoms with E-state index in [0.717, 1.165) is 17.7 Å².